The zero-order valence-corrected chi connectivity index (χ0v) is 13.9. The molecule has 2 aromatic rings. The number of nitrogens with one attached hydrogen (secondary N) is 1. The molecule has 110 valence electrons. The van der Waals surface area contributed by atoms with E-state index in [2.05, 4.69) is 59.3 Å². The summed E-state index contributed by atoms with van der Waals surface area (Å²) in [5.74, 6) is 0.242. The second-order valence-corrected chi connectivity index (χ2v) is 6.29. The van der Waals surface area contributed by atoms with Crippen molar-refractivity contribution >= 4 is 22.1 Å². The highest BCUT2D eigenvalue weighted by atomic mass is 79.9. The van der Waals surface area contributed by atoms with Crippen LogP contribution < -0.4 is 4.90 Å². The van der Waals surface area contributed by atoms with Crippen LogP contribution in [0.1, 0.15) is 16.7 Å². The number of phenols is 1. The monoisotopic (exact) mass is 347 g/mol. The number of benzene rings is 2. The third kappa shape index (κ3) is 4.99. The minimum Gasteiger partial charge on any atom is -0.507 e. The number of aromatic hydroxyl groups is 1. The molecule has 0 amide bonds. The molecular formula is C17H20BrN2O+. The first-order valence-electron chi connectivity index (χ1n) is 6.90. The van der Waals surface area contributed by atoms with Gasteiger partial charge in [-0.25, -0.2) is 0 Å². The van der Waals surface area contributed by atoms with Crippen LogP contribution in [0, 0.1) is 0 Å². The molecule has 0 aliphatic heterocycles. The molecule has 0 aromatic heterocycles. The van der Waals surface area contributed by atoms with Crippen molar-refractivity contribution < 1.29 is 10.0 Å². The van der Waals surface area contributed by atoms with E-state index in [-0.39, 0.29) is 5.75 Å². The van der Waals surface area contributed by atoms with Gasteiger partial charge in [0.1, 0.15) is 12.3 Å². The largest absolute Gasteiger partial charge is 0.507 e. The lowest BCUT2D eigenvalue weighted by Gasteiger charge is -2.07. The number of nitrogens with zero attached hydrogens (tertiary/aromatic N) is 1. The summed E-state index contributed by atoms with van der Waals surface area (Å²) in [5, 5.41) is 9.74. The van der Waals surface area contributed by atoms with E-state index < -0.39 is 0 Å². The van der Waals surface area contributed by atoms with Crippen molar-refractivity contribution in [2.24, 2.45) is 4.99 Å². The average Bonchev–Trinajstić information content (AvgIpc) is 2.44. The molecule has 0 radical (unpaired) electrons. The van der Waals surface area contributed by atoms with Gasteiger partial charge in [-0.2, -0.15) is 0 Å². The van der Waals surface area contributed by atoms with Gasteiger partial charge in [0, 0.05) is 21.8 Å². The number of aliphatic imine (C=N–C) groups is 1. The summed E-state index contributed by atoms with van der Waals surface area (Å²) in [5.41, 5.74) is 3.21. The first kappa shape index (κ1) is 15.7. The fraction of sp³-hybridized carbons (Fsp3) is 0.235. The van der Waals surface area contributed by atoms with Crippen LogP contribution in [0.25, 0.3) is 0 Å². The van der Waals surface area contributed by atoms with Crippen molar-refractivity contribution in [3.8, 4) is 5.75 Å². The Morgan fingerprint density at radius 1 is 1.10 bits per heavy atom. The van der Waals surface area contributed by atoms with Gasteiger partial charge in [-0.15, -0.1) is 0 Å². The van der Waals surface area contributed by atoms with Crippen LogP contribution in [0.15, 0.2) is 51.9 Å². The first-order valence-corrected chi connectivity index (χ1v) is 7.69. The van der Waals surface area contributed by atoms with E-state index in [4.69, 9.17) is 0 Å². The van der Waals surface area contributed by atoms with Gasteiger partial charge < -0.3 is 10.0 Å². The van der Waals surface area contributed by atoms with Crippen LogP contribution in [0.3, 0.4) is 0 Å². The number of halogens is 1. The lowest BCUT2D eigenvalue weighted by Crippen LogP contribution is -3.04. The summed E-state index contributed by atoms with van der Waals surface area (Å²) in [6, 6.07) is 13.8. The van der Waals surface area contributed by atoms with Gasteiger partial charge in [-0.3, -0.25) is 4.99 Å². The molecule has 0 atom stereocenters. The van der Waals surface area contributed by atoms with E-state index >= 15 is 0 Å². The fourth-order valence-electron chi connectivity index (χ4n) is 2.05. The van der Waals surface area contributed by atoms with Gasteiger partial charge in [-0.1, -0.05) is 40.2 Å². The first-order chi connectivity index (χ1) is 10.0. The van der Waals surface area contributed by atoms with Gasteiger partial charge in [0.15, 0.2) is 0 Å². The molecule has 0 bridgehead atoms. The predicted octanol–water partition coefficient (Wildman–Crippen LogP) is 2.42. The molecule has 21 heavy (non-hydrogen) atoms. The highest BCUT2D eigenvalue weighted by Gasteiger charge is 2.00. The average molecular weight is 348 g/mol. The van der Waals surface area contributed by atoms with E-state index in [1.807, 2.05) is 6.07 Å². The molecular weight excluding hydrogens is 328 g/mol. The molecule has 0 fully saturated rings. The van der Waals surface area contributed by atoms with Crippen molar-refractivity contribution in [2.75, 3.05) is 14.1 Å². The van der Waals surface area contributed by atoms with E-state index in [0.29, 0.717) is 6.54 Å². The summed E-state index contributed by atoms with van der Waals surface area (Å²) < 4.78 is 0.928. The summed E-state index contributed by atoms with van der Waals surface area (Å²) >= 11 is 3.39. The summed E-state index contributed by atoms with van der Waals surface area (Å²) in [6.07, 6.45) is 1.71. The minimum atomic E-state index is 0.242. The van der Waals surface area contributed by atoms with E-state index in [0.717, 1.165) is 16.6 Å². The molecule has 0 spiro atoms. The van der Waals surface area contributed by atoms with Gasteiger partial charge in [0.2, 0.25) is 0 Å². The highest BCUT2D eigenvalue weighted by molar-refractivity contribution is 9.10. The second-order valence-electron chi connectivity index (χ2n) is 5.37. The van der Waals surface area contributed by atoms with E-state index in [9.17, 15) is 5.11 Å². The Balaban J connectivity index is 1.99. The standard InChI is InChI=1S/C17H19BrN2O/c1-20(2)12-14-5-3-13(4-6-14)10-19-11-15-9-16(18)7-8-17(15)21/h3-9,11,21H,10,12H2,1-2H3/p+1. The Morgan fingerprint density at radius 2 is 1.76 bits per heavy atom. The molecule has 0 saturated carbocycles. The molecule has 2 N–H and O–H groups in total. The lowest BCUT2D eigenvalue weighted by molar-refractivity contribution is -0.872. The molecule has 0 aliphatic rings. The lowest BCUT2D eigenvalue weighted by atomic mass is 10.1. The van der Waals surface area contributed by atoms with Crippen LogP contribution in [-0.2, 0) is 13.1 Å². The number of quaternary nitrogens is 1. The Labute approximate surface area is 134 Å². The third-order valence-electron chi connectivity index (χ3n) is 3.07. The van der Waals surface area contributed by atoms with E-state index in [1.165, 1.54) is 16.0 Å². The number of rotatable bonds is 5. The number of phenolic OH excluding ortho intramolecular Hbond substituents is 1. The smallest absolute Gasteiger partial charge is 0.124 e. The van der Waals surface area contributed by atoms with Crippen LogP contribution in [0.5, 0.6) is 5.75 Å². The maximum absolute atomic E-state index is 9.74. The number of hydrogen-bond acceptors (Lipinski definition) is 2. The van der Waals surface area contributed by atoms with Crippen LogP contribution in [0.2, 0.25) is 0 Å². The summed E-state index contributed by atoms with van der Waals surface area (Å²) in [4.78, 5) is 5.80. The SMILES string of the molecule is C[NH+](C)Cc1ccc(CN=Cc2cc(Br)ccc2O)cc1. The third-order valence-corrected chi connectivity index (χ3v) is 3.57. The van der Waals surface area contributed by atoms with Gasteiger partial charge in [0.05, 0.1) is 20.6 Å². The molecule has 2 aromatic carbocycles. The van der Waals surface area contributed by atoms with Gasteiger partial charge in [0.25, 0.3) is 0 Å². The summed E-state index contributed by atoms with van der Waals surface area (Å²) in [7, 11) is 4.28. The van der Waals surface area contributed by atoms with Gasteiger partial charge in [-0.05, 0) is 23.8 Å². The Morgan fingerprint density at radius 3 is 2.43 bits per heavy atom. The highest BCUT2D eigenvalue weighted by Crippen LogP contribution is 2.20. The molecule has 0 saturated heterocycles. The predicted molar refractivity (Wildman–Crippen MR) is 90.1 cm³/mol. The van der Waals surface area contributed by atoms with Gasteiger partial charge >= 0.3 is 0 Å². The maximum Gasteiger partial charge on any atom is 0.124 e. The zero-order valence-electron chi connectivity index (χ0n) is 12.3. The summed E-state index contributed by atoms with van der Waals surface area (Å²) in [6.45, 7) is 1.64. The molecule has 2 rings (SSSR count). The van der Waals surface area contributed by atoms with Crippen LogP contribution >= 0.6 is 15.9 Å². The Hall–Kier alpha value is -1.65. The van der Waals surface area contributed by atoms with Crippen LogP contribution in [0.4, 0.5) is 0 Å². The Bertz CT molecular complexity index is 621. The van der Waals surface area contributed by atoms with Crippen molar-refractivity contribution in [1.29, 1.82) is 0 Å². The van der Waals surface area contributed by atoms with Crippen molar-refractivity contribution in [3.05, 3.63) is 63.6 Å². The number of hydrogen-bond donors (Lipinski definition) is 2. The van der Waals surface area contributed by atoms with Crippen LogP contribution in [-0.4, -0.2) is 25.4 Å². The molecule has 4 heteroatoms. The quantitative estimate of drug-likeness (QED) is 0.800. The normalized spacial score (nSPS) is 11.4. The molecule has 0 unspecified atom stereocenters. The minimum absolute atomic E-state index is 0.242. The topological polar surface area (TPSA) is 37.0 Å². The van der Waals surface area contributed by atoms with Crippen molar-refractivity contribution in [2.45, 2.75) is 13.1 Å². The zero-order chi connectivity index (χ0) is 15.2. The molecule has 0 aliphatic carbocycles. The fourth-order valence-corrected chi connectivity index (χ4v) is 2.43. The Kier molecular flexibility index (Phi) is 5.53. The maximum atomic E-state index is 9.74. The molecule has 0 heterocycles. The van der Waals surface area contributed by atoms with Crippen molar-refractivity contribution in [3.63, 3.8) is 0 Å². The molecule has 3 nitrogen and oxygen atoms in total. The second kappa shape index (κ2) is 7.38. The van der Waals surface area contributed by atoms with E-state index in [1.54, 1.807) is 18.3 Å². The van der Waals surface area contributed by atoms with Crippen molar-refractivity contribution in [1.82, 2.24) is 0 Å².